The van der Waals surface area contributed by atoms with Gasteiger partial charge in [0.2, 0.25) is 0 Å². The lowest BCUT2D eigenvalue weighted by Crippen LogP contribution is -2.12. The van der Waals surface area contributed by atoms with Gasteiger partial charge < -0.3 is 11.1 Å². The quantitative estimate of drug-likeness (QED) is 0.852. The summed E-state index contributed by atoms with van der Waals surface area (Å²) in [6.07, 6.45) is 0. The maximum atomic E-state index is 13.2. The number of nitrogens with two attached hydrogens (primary N) is 1. The first-order valence-corrected chi connectivity index (χ1v) is 7.10. The van der Waals surface area contributed by atoms with E-state index in [4.69, 9.17) is 5.73 Å². The smallest absolute Gasteiger partial charge is 0.266 e. The van der Waals surface area contributed by atoms with Gasteiger partial charge in [0.15, 0.2) is 5.78 Å². The van der Waals surface area contributed by atoms with Gasteiger partial charge in [-0.05, 0) is 50.1 Å². The molecule has 4 nitrogen and oxygen atoms in total. The molecule has 0 fully saturated rings. The Morgan fingerprint density at radius 1 is 1.29 bits per heavy atom. The average Bonchev–Trinajstić information content (AvgIpc) is 2.69. The minimum atomic E-state index is -0.359. The lowest BCUT2D eigenvalue weighted by atomic mass is 10.1. The van der Waals surface area contributed by atoms with Crippen molar-refractivity contribution < 1.29 is 14.0 Å². The lowest BCUT2D eigenvalue weighted by Gasteiger charge is -2.06. The number of rotatable bonds is 3. The number of ketones is 1. The van der Waals surface area contributed by atoms with Crippen LogP contribution in [0.25, 0.3) is 0 Å². The Bertz CT molecular complexity index is 738. The van der Waals surface area contributed by atoms with E-state index < -0.39 is 0 Å². The monoisotopic (exact) mass is 306 g/mol. The van der Waals surface area contributed by atoms with Crippen LogP contribution in [-0.2, 0) is 0 Å². The Kier molecular flexibility index (Phi) is 4.09. The van der Waals surface area contributed by atoms with E-state index in [1.165, 1.54) is 19.1 Å². The summed E-state index contributed by atoms with van der Waals surface area (Å²) >= 11 is 1.07. The number of thiophene rings is 1. The highest BCUT2D eigenvalue weighted by Gasteiger charge is 2.21. The summed E-state index contributed by atoms with van der Waals surface area (Å²) in [7, 11) is 0. The molecule has 0 bridgehead atoms. The van der Waals surface area contributed by atoms with E-state index in [1.54, 1.807) is 19.9 Å². The van der Waals surface area contributed by atoms with Gasteiger partial charge in [0.1, 0.15) is 5.82 Å². The standard InChI is InChI=1S/C15H15FN2O2S/c1-7-6-10(4-5-11(7)16)18-15(20)13-8(2)12(9(3)19)14(17)21-13/h4-6H,17H2,1-3H3,(H,18,20). The first kappa shape index (κ1) is 15.2. The van der Waals surface area contributed by atoms with Crippen molar-refractivity contribution in [3.8, 4) is 0 Å². The van der Waals surface area contributed by atoms with Crippen LogP contribution in [0.15, 0.2) is 18.2 Å². The van der Waals surface area contributed by atoms with E-state index in [2.05, 4.69) is 5.32 Å². The summed E-state index contributed by atoms with van der Waals surface area (Å²) in [5.41, 5.74) is 7.69. The van der Waals surface area contributed by atoms with Crippen LogP contribution in [-0.4, -0.2) is 11.7 Å². The fourth-order valence-electron chi connectivity index (χ4n) is 2.10. The van der Waals surface area contributed by atoms with Crippen molar-refractivity contribution in [2.24, 2.45) is 0 Å². The zero-order valence-electron chi connectivity index (χ0n) is 11.9. The third kappa shape index (κ3) is 2.95. The molecule has 0 radical (unpaired) electrons. The Hall–Kier alpha value is -2.21. The van der Waals surface area contributed by atoms with Gasteiger partial charge in [-0.2, -0.15) is 0 Å². The molecule has 0 atom stereocenters. The number of anilines is 2. The van der Waals surface area contributed by atoms with E-state index in [-0.39, 0.29) is 17.5 Å². The van der Waals surface area contributed by atoms with Crippen LogP contribution < -0.4 is 11.1 Å². The van der Waals surface area contributed by atoms with Gasteiger partial charge in [0.05, 0.1) is 15.4 Å². The van der Waals surface area contributed by atoms with Crippen molar-refractivity contribution in [3.05, 3.63) is 45.6 Å². The SMILES string of the molecule is CC(=O)c1c(N)sc(C(=O)Nc2ccc(F)c(C)c2)c1C. The van der Waals surface area contributed by atoms with Gasteiger partial charge in [0.25, 0.3) is 5.91 Å². The van der Waals surface area contributed by atoms with E-state index in [9.17, 15) is 14.0 Å². The van der Waals surface area contributed by atoms with Crippen LogP contribution in [0.1, 0.15) is 38.1 Å². The van der Waals surface area contributed by atoms with E-state index in [0.29, 0.717) is 32.3 Å². The Balaban J connectivity index is 2.31. The Morgan fingerprint density at radius 2 is 1.95 bits per heavy atom. The maximum absolute atomic E-state index is 13.2. The molecule has 0 aliphatic heterocycles. The van der Waals surface area contributed by atoms with Crippen molar-refractivity contribution in [1.82, 2.24) is 0 Å². The number of aryl methyl sites for hydroxylation is 1. The molecule has 1 heterocycles. The Labute approximate surface area is 125 Å². The van der Waals surface area contributed by atoms with Crippen molar-refractivity contribution in [3.63, 3.8) is 0 Å². The number of nitrogen functional groups attached to an aromatic ring is 1. The molecule has 6 heteroatoms. The zero-order valence-corrected chi connectivity index (χ0v) is 12.7. The molecule has 0 unspecified atom stereocenters. The molecular weight excluding hydrogens is 291 g/mol. The molecule has 21 heavy (non-hydrogen) atoms. The highest BCUT2D eigenvalue weighted by molar-refractivity contribution is 7.18. The zero-order chi connectivity index (χ0) is 15.7. The largest absolute Gasteiger partial charge is 0.390 e. The molecule has 1 aromatic carbocycles. The van der Waals surface area contributed by atoms with Gasteiger partial charge in [-0.25, -0.2) is 4.39 Å². The van der Waals surface area contributed by atoms with Crippen LogP contribution in [0.3, 0.4) is 0 Å². The second-order valence-corrected chi connectivity index (χ2v) is 5.82. The molecule has 0 saturated carbocycles. The lowest BCUT2D eigenvalue weighted by molar-refractivity contribution is 0.101. The molecule has 0 saturated heterocycles. The predicted molar refractivity (Wildman–Crippen MR) is 82.6 cm³/mol. The first-order chi connectivity index (χ1) is 9.81. The number of carbonyl (C=O) groups is 2. The third-order valence-electron chi connectivity index (χ3n) is 3.15. The van der Waals surface area contributed by atoms with Crippen LogP contribution >= 0.6 is 11.3 Å². The van der Waals surface area contributed by atoms with Gasteiger partial charge in [-0.15, -0.1) is 11.3 Å². The van der Waals surface area contributed by atoms with Gasteiger partial charge in [-0.3, -0.25) is 9.59 Å². The summed E-state index contributed by atoms with van der Waals surface area (Å²) in [5.74, 6) is -0.857. The number of nitrogens with one attached hydrogen (secondary N) is 1. The molecule has 2 aromatic rings. The fourth-order valence-corrected chi connectivity index (χ4v) is 3.12. The number of halogens is 1. The minimum absolute atomic E-state index is 0.169. The normalized spacial score (nSPS) is 10.5. The fraction of sp³-hybridized carbons (Fsp3) is 0.200. The Morgan fingerprint density at radius 3 is 2.48 bits per heavy atom. The highest BCUT2D eigenvalue weighted by atomic mass is 32.1. The van der Waals surface area contributed by atoms with Crippen LogP contribution in [0.4, 0.5) is 15.1 Å². The molecule has 1 aromatic heterocycles. The molecule has 0 spiro atoms. The van der Waals surface area contributed by atoms with E-state index in [0.717, 1.165) is 11.3 Å². The molecule has 1 amide bonds. The number of hydrogen-bond acceptors (Lipinski definition) is 4. The van der Waals surface area contributed by atoms with Crippen molar-refractivity contribution in [2.45, 2.75) is 20.8 Å². The molecule has 0 aliphatic carbocycles. The van der Waals surface area contributed by atoms with E-state index in [1.807, 2.05) is 0 Å². The number of Topliss-reactive ketones (excluding diaryl/α,β-unsaturated/α-hetero) is 1. The van der Waals surface area contributed by atoms with E-state index >= 15 is 0 Å². The van der Waals surface area contributed by atoms with Crippen LogP contribution in [0, 0.1) is 19.7 Å². The first-order valence-electron chi connectivity index (χ1n) is 6.28. The second kappa shape index (κ2) is 5.65. The maximum Gasteiger partial charge on any atom is 0.266 e. The molecular formula is C15H15FN2O2S. The third-order valence-corrected chi connectivity index (χ3v) is 4.27. The topological polar surface area (TPSA) is 72.2 Å². The van der Waals surface area contributed by atoms with Crippen LogP contribution in [0.2, 0.25) is 0 Å². The summed E-state index contributed by atoms with van der Waals surface area (Å²) in [6, 6.07) is 4.32. The second-order valence-electron chi connectivity index (χ2n) is 4.77. The van der Waals surface area contributed by atoms with Crippen molar-refractivity contribution >= 4 is 33.7 Å². The summed E-state index contributed by atoms with van der Waals surface area (Å²) in [4.78, 5) is 24.2. The molecule has 3 N–H and O–H groups in total. The molecule has 0 aliphatic rings. The van der Waals surface area contributed by atoms with Crippen LogP contribution in [0.5, 0.6) is 0 Å². The highest BCUT2D eigenvalue weighted by Crippen LogP contribution is 2.31. The van der Waals surface area contributed by atoms with Crippen molar-refractivity contribution in [1.29, 1.82) is 0 Å². The van der Waals surface area contributed by atoms with Gasteiger partial charge in [0, 0.05) is 5.69 Å². The van der Waals surface area contributed by atoms with Gasteiger partial charge in [-0.1, -0.05) is 0 Å². The molecule has 110 valence electrons. The number of carbonyl (C=O) groups excluding carboxylic acids is 2. The number of benzene rings is 1. The van der Waals surface area contributed by atoms with Gasteiger partial charge >= 0.3 is 0 Å². The molecule has 2 rings (SSSR count). The summed E-state index contributed by atoms with van der Waals surface area (Å²) < 4.78 is 13.2. The predicted octanol–water partition coefficient (Wildman–Crippen LogP) is 3.54. The summed E-state index contributed by atoms with van der Waals surface area (Å²) in [6.45, 7) is 4.72. The minimum Gasteiger partial charge on any atom is -0.390 e. The van der Waals surface area contributed by atoms with Crippen molar-refractivity contribution in [2.75, 3.05) is 11.1 Å². The number of amides is 1. The summed E-state index contributed by atoms with van der Waals surface area (Å²) in [5, 5.41) is 3.02. The number of hydrogen-bond donors (Lipinski definition) is 2. The average molecular weight is 306 g/mol.